The highest BCUT2D eigenvalue weighted by Gasteiger charge is 2.02. The van der Waals surface area contributed by atoms with Crippen LogP contribution in [-0.4, -0.2) is 13.1 Å². The molecule has 94 valence electrons. The van der Waals surface area contributed by atoms with Gasteiger partial charge in [0, 0.05) is 12.1 Å². The van der Waals surface area contributed by atoms with Crippen molar-refractivity contribution in [2.75, 3.05) is 13.1 Å². The number of nitrogens with one attached hydrogen (secondary N) is 1. The number of rotatable bonds is 5. The first kappa shape index (κ1) is 12.6. The molecule has 0 bridgehead atoms. The normalized spacial score (nSPS) is 11.2. The van der Waals surface area contributed by atoms with E-state index in [9.17, 15) is 4.39 Å². The van der Waals surface area contributed by atoms with Crippen LogP contribution in [0.25, 0.3) is 17.4 Å². The Balaban J connectivity index is 2.06. The van der Waals surface area contributed by atoms with Gasteiger partial charge in [-0.2, -0.15) is 0 Å². The molecule has 1 N–H and O–H groups in total. The quantitative estimate of drug-likeness (QED) is 0.812. The molecule has 0 spiro atoms. The highest BCUT2D eigenvalue weighted by Crippen LogP contribution is 2.22. The lowest BCUT2D eigenvalue weighted by Gasteiger charge is -1.96. The minimum Gasteiger partial charge on any atom is -0.457 e. The average Bonchev–Trinajstić information content (AvgIpc) is 2.84. The van der Waals surface area contributed by atoms with E-state index in [1.807, 2.05) is 24.3 Å². The molecule has 0 atom stereocenters. The van der Waals surface area contributed by atoms with Crippen molar-refractivity contribution in [2.45, 2.75) is 6.92 Å². The van der Waals surface area contributed by atoms with Crippen LogP contribution < -0.4 is 5.32 Å². The van der Waals surface area contributed by atoms with Crippen molar-refractivity contribution < 1.29 is 8.81 Å². The highest BCUT2D eigenvalue weighted by molar-refractivity contribution is 5.59. The van der Waals surface area contributed by atoms with Crippen molar-refractivity contribution >= 4 is 6.08 Å². The second-order valence-corrected chi connectivity index (χ2v) is 3.92. The highest BCUT2D eigenvalue weighted by atomic mass is 19.1. The van der Waals surface area contributed by atoms with Gasteiger partial charge < -0.3 is 9.73 Å². The molecule has 1 heterocycles. The molecule has 0 amide bonds. The van der Waals surface area contributed by atoms with Crippen molar-refractivity contribution in [2.24, 2.45) is 0 Å². The van der Waals surface area contributed by atoms with Crippen LogP contribution in [0.1, 0.15) is 12.7 Å². The Morgan fingerprint density at radius 3 is 2.67 bits per heavy atom. The Labute approximate surface area is 106 Å². The van der Waals surface area contributed by atoms with Gasteiger partial charge in [0.2, 0.25) is 0 Å². The van der Waals surface area contributed by atoms with Crippen LogP contribution in [0.2, 0.25) is 0 Å². The van der Waals surface area contributed by atoms with Gasteiger partial charge in [-0.25, -0.2) is 4.39 Å². The number of furan rings is 1. The summed E-state index contributed by atoms with van der Waals surface area (Å²) in [6.07, 6.45) is 3.94. The van der Waals surface area contributed by atoms with Crippen molar-refractivity contribution in [3.8, 4) is 11.3 Å². The second kappa shape index (κ2) is 6.17. The van der Waals surface area contributed by atoms with E-state index < -0.39 is 0 Å². The molecule has 0 saturated heterocycles. The number of benzene rings is 1. The van der Waals surface area contributed by atoms with Crippen molar-refractivity contribution in [3.05, 3.63) is 54.1 Å². The predicted molar refractivity (Wildman–Crippen MR) is 71.7 cm³/mol. The minimum atomic E-state index is -0.240. The Morgan fingerprint density at radius 2 is 1.94 bits per heavy atom. The summed E-state index contributed by atoms with van der Waals surface area (Å²) >= 11 is 0. The Morgan fingerprint density at radius 1 is 1.17 bits per heavy atom. The lowest BCUT2D eigenvalue weighted by molar-refractivity contribution is 0.571. The Kier molecular flexibility index (Phi) is 4.31. The Bertz CT molecular complexity index is 514. The van der Waals surface area contributed by atoms with Gasteiger partial charge in [-0.1, -0.05) is 13.0 Å². The fraction of sp³-hybridized carbons (Fsp3) is 0.200. The molecule has 0 radical (unpaired) electrons. The molecule has 0 aliphatic carbocycles. The van der Waals surface area contributed by atoms with E-state index >= 15 is 0 Å². The van der Waals surface area contributed by atoms with E-state index in [0.29, 0.717) is 0 Å². The molecule has 2 rings (SSSR count). The third kappa shape index (κ3) is 3.31. The molecule has 1 aromatic heterocycles. The fourth-order valence-corrected chi connectivity index (χ4v) is 1.61. The summed E-state index contributed by atoms with van der Waals surface area (Å²) in [5.74, 6) is 1.31. The summed E-state index contributed by atoms with van der Waals surface area (Å²) in [4.78, 5) is 0. The van der Waals surface area contributed by atoms with Crippen molar-refractivity contribution in [3.63, 3.8) is 0 Å². The molecule has 2 aromatic rings. The summed E-state index contributed by atoms with van der Waals surface area (Å²) in [5.41, 5.74) is 0.878. The number of hydrogen-bond donors (Lipinski definition) is 1. The van der Waals surface area contributed by atoms with Gasteiger partial charge in [0.05, 0.1) is 0 Å². The van der Waals surface area contributed by atoms with Gasteiger partial charge in [0.15, 0.2) is 0 Å². The van der Waals surface area contributed by atoms with Crippen LogP contribution in [0.4, 0.5) is 4.39 Å². The summed E-state index contributed by atoms with van der Waals surface area (Å²) in [5, 5.41) is 3.19. The Hall–Kier alpha value is -1.87. The fourth-order valence-electron chi connectivity index (χ4n) is 1.61. The van der Waals surface area contributed by atoms with Crippen LogP contribution in [0.3, 0.4) is 0 Å². The molecule has 0 aliphatic heterocycles. The molecular formula is C15H16FNO. The lowest BCUT2D eigenvalue weighted by Crippen LogP contribution is -2.11. The molecule has 3 heteroatoms. The monoisotopic (exact) mass is 245 g/mol. The van der Waals surface area contributed by atoms with Crippen LogP contribution in [0.5, 0.6) is 0 Å². The predicted octanol–water partition coefficient (Wildman–Crippen LogP) is 3.71. The SMILES string of the molecule is CCNCC=Cc1ccc(-c2ccc(F)cc2)o1. The molecular weight excluding hydrogens is 229 g/mol. The lowest BCUT2D eigenvalue weighted by atomic mass is 10.2. The molecule has 0 unspecified atom stereocenters. The van der Waals surface area contributed by atoms with Crippen molar-refractivity contribution in [1.82, 2.24) is 5.32 Å². The minimum absolute atomic E-state index is 0.240. The van der Waals surface area contributed by atoms with Crippen LogP contribution >= 0.6 is 0 Å². The van der Waals surface area contributed by atoms with Crippen molar-refractivity contribution in [1.29, 1.82) is 0 Å². The molecule has 1 aromatic carbocycles. The van der Waals surface area contributed by atoms with Crippen LogP contribution in [-0.2, 0) is 0 Å². The molecule has 2 nitrogen and oxygen atoms in total. The zero-order chi connectivity index (χ0) is 12.8. The zero-order valence-corrected chi connectivity index (χ0v) is 10.3. The van der Waals surface area contributed by atoms with E-state index in [1.54, 1.807) is 12.1 Å². The zero-order valence-electron chi connectivity index (χ0n) is 10.3. The van der Waals surface area contributed by atoms with E-state index in [1.165, 1.54) is 12.1 Å². The van der Waals surface area contributed by atoms with Gasteiger partial charge in [-0.05, 0) is 49.0 Å². The maximum atomic E-state index is 12.8. The third-order valence-electron chi connectivity index (χ3n) is 2.55. The average molecular weight is 245 g/mol. The van der Waals surface area contributed by atoms with E-state index in [0.717, 1.165) is 30.2 Å². The molecule has 0 fully saturated rings. The van der Waals surface area contributed by atoms with Gasteiger partial charge >= 0.3 is 0 Å². The third-order valence-corrected chi connectivity index (χ3v) is 2.55. The summed E-state index contributed by atoms with van der Waals surface area (Å²) < 4.78 is 18.5. The summed E-state index contributed by atoms with van der Waals surface area (Å²) in [6, 6.07) is 10.1. The first-order valence-corrected chi connectivity index (χ1v) is 6.02. The van der Waals surface area contributed by atoms with Crippen LogP contribution in [0.15, 0.2) is 46.9 Å². The smallest absolute Gasteiger partial charge is 0.134 e. The standard InChI is InChI=1S/C15H16FNO/c1-2-17-11-3-4-14-9-10-15(18-14)12-5-7-13(16)8-6-12/h3-10,17H,2,11H2,1H3. The largest absolute Gasteiger partial charge is 0.457 e. The van der Waals surface area contributed by atoms with Gasteiger partial charge in [-0.3, -0.25) is 0 Å². The van der Waals surface area contributed by atoms with Gasteiger partial charge in [0.25, 0.3) is 0 Å². The summed E-state index contributed by atoms with van der Waals surface area (Å²) in [6.45, 7) is 3.83. The number of likely N-dealkylation sites (N-methyl/N-ethyl adjacent to an activating group) is 1. The first-order valence-electron chi connectivity index (χ1n) is 6.02. The summed E-state index contributed by atoms with van der Waals surface area (Å²) in [7, 11) is 0. The first-order chi connectivity index (χ1) is 8.79. The van der Waals surface area contributed by atoms with E-state index in [2.05, 4.69) is 12.2 Å². The maximum absolute atomic E-state index is 12.8. The van der Waals surface area contributed by atoms with Crippen LogP contribution in [0, 0.1) is 5.82 Å². The topological polar surface area (TPSA) is 25.2 Å². The molecule has 0 saturated carbocycles. The molecule has 18 heavy (non-hydrogen) atoms. The van der Waals surface area contributed by atoms with Gasteiger partial charge in [-0.15, -0.1) is 0 Å². The van der Waals surface area contributed by atoms with E-state index in [4.69, 9.17) is 4.42 Å². The second-order valence-electron chi connectivity index (χ2n) is 3.92. The number of hydrogen-bond acceptors (Lipinski definition) is 2. The van der Waals surface area contributed by atoms with Gasteiger partial charge in [0.1, 0.15) is 17.3 Å². The number of halogens is 1. The maximum Gasteiger partial charge on any atom is 0.134 e. The van der Waals surface area contributed by atoms with E-state index in [-0.39, 0.29) is 5.82 Å². The molecule has 0 aliphatic rings.